The Balaban J connectivity index is 2.38. The molecule has 8 heteroatoms. The molecule has 0 saturated heterocycles. The molecular formula is C17H17NO7. The van der Waals surface area contributed by atoms with Crippen LogP contribution < -0.4 is 0 Å². The summed E-state index contributed by atoms with van der Waals surface area (Å²) < 4.78 is 4.65. The van der Waals surface area contributed by atoms with Crippen LogP contribution in [-0.4, -0.2) is 35.4 Å². The van der Waals surface area contributed by atoms with Gasteiger partial charge in [0, 0.05) is 24.1 Å². The Labute approximate surface area is 143 Å². The number of carbonyl (C=O) groups excluding carboxylic acids is 4. The van der Waals surface area contributed by atoms with Crippen LogP contribution >= 0.6 is 0 Å². The van der Waals surface area contributed by atoms with E-state index in [1.165, 1.54) is 12.1 Å². The predicted molar refractivity (Wildman–Crippen MR) is 84.8 cm³/mol. The summed E-state index contributed by atoms with van der Waals surface area (Å²) in [4.78, 5) is 59.7. The molecule has 132 valence electrons. The Hall–Kier alpha value is -2.90. The number of ether oxygens (including phenoxy) is 1. The predicted octanol–water partition coefficient (Wildman–Crippen LogP) is 1.75. The second-order valence-electron chi connectivity index (χ2n) is 6.59. The molecule has 1 aliphatic carbocycles. The topological polar surface area (TPSA) is 121 Å². The van der Waals surface area contributed by atoms with Gasteiger partial charge in [0.25, 0.3) is 5.69 Å². The average Bonchev–Trinajstić information content (AvgIpc) is 2.53. The van der Waals surface area contributed by atoms with Crippen molar-refractivity contribution in [2.75, 3.05) is 7.11 Å². The van der Waals surface area contributed by atoms with E-state index in [9.17, 15) is 29.3 Å². The SMILES string of the molecule is COC(=O)[C@H]1C(=O)[C@H](C(=O)c2ccc([N+](=O)[O-])cc2)C(=O)CC1(C)C. The number of hydrogen-bond donors (Lipinski definition) is 0. The Morgan fingerprint density at radius 2 is 1.76 bits per heavy atom. The van der Waals surface area contributed by atoms with Crippen LogP contribution in [0.1, 0.15) is 30.6 Å². The molecule has 1 aromatic rings. The Bertz CT molecular complexity index is 764. The van der Waals surface area contributed by atoms with Crippen LogP contribution in [0.2, 0.25) is 0 Å². The lowest BCUT2D eigenvalue weighted by Crippen LogP contribution is -2.52. The van der Waals surface area contributed by atoms with E-state index in [-0.39, 0.29) is 17.7 Å². The lowest BCUT2D eigenvalue weighted by Gasteiger charge is -2.37. The molecule has 0 unspecified atom stereocenters. The van der Waals surface area contributed by atoms with Crippen molar-refractivity contribution in [2.45, 2.75) is 20.3 Å². The number of hydrogen-bond acceptors (Lipinski definition) is 7. The van der Waals surface area contributed by atoms with Gasteiger partial charge in [0.1, 0.15) is 11.8 Å². The fourth-order valence-electron chi connectivity index (χ4n) is 3.11. The molecule has 0 amide bonds. The average molecular weight is 347 g/mol. The van der Waals surface area contributed by atoms with Crippen LogP contribution in [0.25, 0.3) is 0 Å². The highest BCUT2D eigenvalue weighted by Crippen LogP contribution is 2.40. The number of Topliss-reactive ketones (excluding diaryl/α,β-unsaturated/α-hetero) is 3. The molecule has 2 rings (SSSR count). The van der Waals surface area contributed by atoms with Crippen LogP contribution in [0.4, 0.5) is 5.69 Å². The van der Waals surface area contributed by atoms with Crippen LogP contribution in [0.5, 0.6) is 0 Å². The first-order chi connectivity index (χ1) is 11.6. The second-order valence-corrected chi connectivity index (χ2v) is 6.59. The van der Waals surface area contributed by atoms with E-state index in [2.05, 4.69) is 4.74 Å². The van der Waals surface area contributed by atoms with E-state index in [0.29, 0.717) is 0 Å². The lowest BCUT2D eigenvalue weighted by atomic mass is 9.63. The molecule has 1 aliphatic rings. The van der Waals surface area contributed by atoms with Crippen LogP contribution in [0.15, 0.2) is 24.3 Å². The van der Waals surface area contributed by atoms with Crippen LogP contribution in [0.3, 0.4) is 0 Å². The number of benzene rings is 1. The summed E-state index contributed by atoms with van der Waals surface area (Å²) in [5.41, 5.74) is -1.17. The van der Waals surface area contributed by atoms with E-state index in [4.69, 9.17) is 0 Å². The standard InChI is InChI=1S/C17H17NO7/c1-17(2)8-11(19)12(15(21)13(17)16(22)25-3)14(20)9-4-6-10(7-5-9)18(23)24/h4-7,12-13H,8H2,1-3H3/t12-,13+/m0/s1. The van der Waals surface area contributed by atoms with Gasteiger partial charge in [0.05, 0.1) is 12.0 Å². The zero-order valence-electron chi connectivity index (χ0n) is 14.0. The molecule has 1 saturated carbocycles. The zero-order valence-corrected chi connectivity index (χ0v) is 14.0. The molecule has 0 spiro atoms. The fourth-order valence-corrected chi connectivity index (χ4v) is 3.11. The normalized spacial score (nSPS) is 22.4. The maximum atomic E-state index is 12.7. The molecular weight excluding hydrogens is 330 g/mol. The molecule has 25 heavy (non-hydrogen) atoms. The molecule has 0 N–H and O–H groups in total. The van der Waals surface area contributed by atoms with Crippen molar-refractivity contribution >= 4 is 29.0 Å². The third-order valence-corrected chi connectivity index (χ3v) is 4.36. The number of nitrogens with zero attached hydrogens (tertiary/aromatic N) is 1. The molecule has 1 aromatic carbocycles. The molecule has 0 aliphatic heterocycles. The maximum Gasteiger partial charge on any atom is 0.316 e. The molecule has 0 heterocycles. The zero-order chi connectivity index (χ0) is 18.9. The van der Waals surface area contributed by atoms with E-state index >= 15 is 0 Å². The van der Waals surface area contributed by atoms with Crippen LogP contribution in [-0.2, 0) is 19.1 Å². The van der Waals surface area contributed by atoms with E-state index in [0.717, 1.165) is 19.2 Å². The number of nitro groups is 1. The highest BCUT2D eigenvalue weighted by atomic mass is 16.6. The summed E-state index contributed by atoms with van der Waals surface area (Å²) in [5.74, 6) is -5.74. The van der Waals surface area contributed by atoms with Crippen molar-refractivity contribution < 1.29 is 28.8 Å². The van der Waals surface area contributed by atoms with Crippen molar-refractivity contribution in [3.05, 3.63) is 39.9 Å². The minimum Gasteiger partial charge on any atom is -0.468 e. The van der Waals surface area contributed by atoms with Gasteiger partial charge in [0.2, 0.25) is 0 Å². The number of rotatable bonds is 4. The summed E-state index contributed by atoms with van der Waals surface area (Å²) in [7, 11) is 1.13. The summed E-state index contributed by atoms with van der Waals surface area (Å²) in [6, 6.07) is 4.61. The summed E-state index contributed by atoms with van der Waals surface area (Å²) >= 11 is 0. The summed E-state index contributed by atoms with van der Waals surface area (Å²) in [5, 5.41) is 10.7. The number of nitro benzene ring substituents is 1. The smallest absolute Gasteiger partial charge is 0.316 e. The van der Waals surface area contributed by atoms with Crippen molar-refractivity contribution in [1.82, 2.24) is 0 Å². The van der Waals surface area contributed by atoms with E-state index in [1.54, 1.807) is 13.8 Å². The van der Waals surface area contributed by atoms with Gasteiger partial charge < -0.3 is 4.74 Å². The third kappa shape index (κ3) is 3.33. The first kappa shape index (κ1) is 18.4. The number of non-ortho nitro benzene ring substituents is 1. The number of methoxy groups -OCH3 is 1. The molecule has 0 aromatic heterocycles. The van der Waals surface area contributed by atoms with Crippen molar-refractivity contribution in [3.63, 3.8) is 0 Å². The largest absolute Gasteiger partial charge is 0.468 e. The first-order valence-electron chi connectivity index (χ1n) is 7.53. The molecule has 0 radical (unpaired) electrons. The van der Waals surface area contributed by atoms with Gasteiger partial charge >= 0.3 is 5.97 Å². The monoisotopic (exact) mass is 347 g/mol. The fraction of sp³-hybridized carbons (Fsp3) is 0.412. The summed E-state index contributed by atoms with van der Waals surface area (Å²) in [6.07, 6.45) is -0.123. The van der Waals surface area contributed by atoms with Gasteiger partial charge in [-0.3, -0.25) is 29.3 Å². The lowest BCUT2D eigenvalue weighted by molar-refractivity contribution is -0.384. The highest BCUT2D eigenvalue weighted by Gasteiger charge is 2.54. The van der Waals surface area contributed by atoms with E-state index in [1.807, 2.05) is 0 Å². The van der Waals surface area contributed by atoms with E-state index < -0.39 is 45.5 Å². The van der Waals surface area contributed by atoms with Gasteiger partial charge in [-0.15, -0.1) is 0 Å². The van der Waals surface area contributed by atoms with Gasteiger partial charge in [-0.05, 0) is 17.5 Å². The molecule has 0 bridgehead atoms. The van der Waals surface area contributed by atoms with Crippen molar-refractivity contribution in [2.24, 2.45) is 17.3 Å². The minimum absolute atomic E-state index is 0.000576. The Morgan fingerprint density at radius 3 is 2.24 bits per heavy atom. The number of ketones is 3. The van der Waals surface area contributed by atoms with Gasteiger partial charge in [-0.1, -0.05) is 13.8 Å². The number of carbonyl (C=O) groups is 4. The second kappa shape index (κ2) is 6.54. The minimum atomic E-state index is -1.60. The maximum absolute atomic E-state index is 12.7. The molecule has 2 atom stereocenters. The third-order valence-electron chi connectivity index (χ3n) is 4.36. The summed E-state index contributed by atoms with van der Waals surface area (Å²) in [6.45, 7) is 3.19. The quantitative estimate of drug-likeness (QED) is 0.267. The van der Waals surface area contributed by atoms with Crippen molar-refractivity contribution in [3.8, 4) is 0 Å². The highest BCUT2D eigenvalue weighted by molar-refractivity contribution is 6.28. The van der Waals surface area contributed by atoms with Gasteiger partial charge in [-0.25, -0.2) is 0 Å². The Kier molecular flexibility index (Phi) is 4.82. The molecule has 1 fully saturated rings. The molecule has 8 nitrogen and oxygen atoms in total. The number of esters is 1. The first-order valence-corrected chi connectivity index (χ1v) is 7.53. The van der Waals surface area contributed by atoms with Crippen LogP contribution in [0, 0.1) is 27.4 Å². The van der Waals surface area contributed by atoms with Crippen molar-refractivity contribution in [1.29, 1.82) is 0 Å². The van der Waals surface area contributed by atoms with Gasteiger partial charge in [-0.2, -0.15) is 0 Å². The Morgan fingerprint density at radius 1 is 1.20 bits per heavy atom. The van der Waals surface area contributed by atoms with Gasteiger partial charge in [0.15, 0.2) is 17.3 Å².